The molecular weight excluding hydrogens is 332 g/mol. The molecule has 0 unspecified atom stereocenters. The van der Waals surface area contributed by atoms with Crippen molar-refractivity contribution in [3.8, 4) is 0 Å². The number of carbonyl (C=O) groups is 2. The number of nitrogens with zero attached hydrogens (tertiary/aromatic N) is 1. The second-order valence-electron chi connectivity index (χ2n) is 4.68. The minimum absolute atomic E-state index is 0.257. The largest absolute Gasteiger partial charge is 0.370 e. The number of thiazole rings is 1. The summed E-state index contributed by atoms with van der Waals surface area (Å²) in [5, 5.41) is 5.43. The molecule has 0 fully saturated rings. The normalized spacial score (nSPS) is 10.5. The summed E-state index contributed by atoms with van der Waals surface area (Å²) in [4.78, 5) is 28.3. The van der Waals surface area contributed by atoms with Crippen molar-refractivity contribution in [2.45, 2.75) is 17.7 Å². The van der Waals surface area contributed by atoms with Crippen LogP contribution in [0.3, 0.4) is 0 Å². The fraction of sp³-hybridized carbons (Fsp3) is 0.267. The number of anilines is 1. The van der Waals surface area contributed by atoms with Gasteiger partial charge in [0.15, 0.2) is 0 Å². The lowest BCUT2D eigenvalue weighted by Crippen LogP contribution is -2.14. The van der Waals surface area contributed by atoms with E-state index < -0.39 is 0 Å². The van der Waals surface area contributed by atoms with Crippen molar-refractivity contribution in [2.75, 3.05) is 17.6 Å². The quantitative estimate of drug-likeness (QED) is 0.629. The minimum Gasteiger partial charge on any atom is -0.370 e. The van der Waals surface area contributed by atoms with Crippen molar-refractivity contribution in [1.29, 1.82) is 0 Å². The summed E-state index contributed by atoms with van der Waals surface area (Å²) < 4.78 is 0. The number of nitrogens with two attached hydrogens (primary N) is 2. The lowest BCUT2D eigenvalue weighted by molar-refractivity contribution is -0.117. The molecule has 2 rings (SSSR count). The van der Waals surface area contributed by atoms with E-state index in [1.165, 1.54) is 23.1 Å². The molecule has 0 bridgehead atoms. The van der Waals surface area contributed by atoms with Gasteiger partial charge in [0, 0.05) is 28.9 Å². The van der Waals surface area contributed by atoms with Gasteiger partial charge in [-0.25, -0.2) is 4.98 Å². The van der Waals surface area contributed by atoms with Crippen LogP contribution in [0.25, 0.3) is 0 Å². The first-order valence-corrected chi connectivity index (χ1v) is 8.92. The topological polar surface area (TPSA) is 111 Å². The second kappa shape index (κ2) is 8.66. The monoisotopic (exact) mass is 350 g/mol. The maximum Gasteiger partial charge on any atom is 0.275 e. The van der Waals surface area contributed by atoms with E-state index in [1.807, 2.05) is 24.3 Å². The predicted octanol–water partition coefficient (Wildman–Crippen LogP) is 1.86. The number of nitrogens with one attached hydrogen (secondary N) is 1. The third-order valence-electron chi connectivity index (χ3n) is 2.88. The van der Waals surface area contributed by atoms with Gasteiger partial charge in [0.2, 0.25) is 5.91 Å². The van der Waals surface area contributed by atoms with Crippen LogP contribution in [0.4, 0.5) is 5.69 Å². The Kier molecular flexibility index (Phi) is 6.57. The maximum atomic E-state index is 12.3. The number of carbonyl (C=O) groups excluding carboxylic acids is 2. The molecule has 122 valence electrons. The third-order valence-corrected chi connectivity index (χ3v) is 4.87. The number of hydrogen-bond donors (Lipinski definition) is 3. The first-order valence-electron chi connectivity index (χ1n) is 7.06. The molecule has 0 aliphatic carbocycles. The summed E-state index contributed by atoms with van der Waals surface area (Å²) >= 11 is 2.90. The van der Waals surface area contributed by atoms with E-state index >= 15 is 0 Å². The van der Waals surface area contributed by atoms with E-state index in [4.69, 9.17) is 11.5 Å². The fourth-order valence-electron chi connectivity index (χ4n) is 1.80. The van der Waals surface area contributed by atoms with Gasteiger partial charge in [-0.2, -0.15) is 0 Å². The zero-order valence-electron chi connectivity index (χ0n) is 12.5. The molecule has 1 heterocycles. The Hall–Kier alpha value is -1.90. The van der Waals surface area contributed by atoms with E-state index in [-0.39, 0.29) is 11.8 Å². The fourth-order valence-corrected chi connectivity index (χ4v) is 3.56. The smallest absolute Gasteiger partial charge is 0.275 e. The number of rotatable bonds is 8. The molecule has 0 saturated heterocycles. The highest BCUT2D eigenvalue weighted by Gasteiger charge is 2.13. The molecule has 0 aliphatic rings. The Morgan fingerprint density at radius 3 is 2.83 bits per heavy atom. The Morgan fingerprint density at radius 1 is 1.30 bits per heavy atom. The lowest BCUT2D eigenvalue weighted by Gasteiger charge is -2.09. The number of aromatic nitrogens is 1. The minimum atomic E-state index is -0.339. The molecular formula is C15H18N4O2S2. The summed E-state index contributed by atoms with van der Waals surface area (Å²) in [6.07, 6.45) is 0.957. The molecule has 0 radical (unpaired) electrons. The van der Waals surface area contributed by atoms with Crippen molar-refractivity contribution < 1.29 is 9.59 Å². The Balaban J connectivity index is 2.03. The average molecular weight is 350 g/mol. The molecule has 1 aromatic carbocycles. The summed E-state index contributed by atoms with van der Waals surface area (Å²) in [6.45, 7) is 0.508. The van der Waals surface area contributed by atoms with Gasteiger partial charge in [-0.1, -0.05) is 12.1 Å². The van der Waals surface area contributed by atoms with Gasteiger partial charge in [0.1, 0.15) is 5.69 Å². The van der Waals surface area contributed by atoms with Crippen molar-refractivity contribution in [3.63, 3.8) is 0 Å². The molecule has 23 heavy (non-hydrogen) atoms. The number of benzene rings is 1. The van der Waals surface area contributed by atoms with Crippen LogP contribution in [0.5, 0.6) is 0 Å². The van der Waals surface area contributed by atoms with E-state index in [0.29, 0.717) is 36.5 Å². The molecule has 0 atom stereocenters. The molecule has 0 aliphatic heterocycles. The van der Waals surface area contributed by atoms with E-state index in [0.717, 1.165) is 9.90 Å². The maximum absolute atomic E-state index is 12.3. The SMILES string of the molecule is NCCc1nc(C(=O)Nc2ccccc2SCCC(N)=O)cs1. The Bertz CT molecular complexity index is 688. The lowest BCUT2D eigenvalue weighted by atomic mass is 10.3. The molecule has 2 aromatic rings. The van der Waals surface area contributed by atoms with Crippen LogP contribution in [0.1, 0.15) is 21.9 Å². The van der Waals surface area contributed by atoms with Gasteiger partial charge in [-0.15, -0.1) is 23.1 Å². The standard InChI is InChI=1S/C15H18N4O2S2/c16-7-5-14-18-11(9-23-14)15(21)19-10-3-1-2-4-12(10)22-8-6-13(17)20/h1-4,9H,5-8,16H2,(H2,17,20)(H,19,21). The van der Waals surface area contributed by atoms with Crippen molar-refractivity contribution in [1.82, 2.24) is 4.98 Å². The van der Waals surface area contributed by atoms with Gasteiger partial charge in [0.25, 0.3) is 5.91 Å². The molecule has 2 amide bonds. The van der Waals surface area contributed by atoms with Gasteiger partial charge >= 0.3 is 0 Å². The highest BCUT2D eigenvalue weighted by Crippen LogP contribution is 2.28. The van der Waals surface area contributed by atoms with Crippen LogP contribution in [0.15, 0.2) is 34.5 Å². The molecule has 5 N–H and O–H groups in total. The van der Waals surface area contributed by atoms with Crippen LogP contribution in [-0.2, 0) is 11.2 Å². The van der Waals surface area contributed by atoms with Crippen molar-refractivity contribution >= 4 is 40.6 Å². The molecule has 1 aromatic heterocycles. The zero-order chi connectivity index (χ0) is 16.7. The summed E-state index contributed by atoms with van der Waals surface area (Å²) in [5.41, 5.74) is 11.7. The number of para-hydroxylation sites is 1. The van der Waals surface area contributed by atoms with Gasteiger partial charge in [0.05, 0.1) is 10.7 Å². The number of primary amides is 1. The average Bonchev–Trinajstić information content (AvgIpc) is 2.98. The summed E-state index contributed by atoms with van der Waals surface area (Å²) in [5.74, 6) is -0.0269. The molecule has 6 nitrogen and oxygen atoms in total. The van der Waals surface area contributed by atoms with Gasteiger partial charge in [-0.3, -0.25) is 9.59 Å². The first-order chi connectivity index (χ1) is 11.1. The summed E-state index contributed by atoms with van der Waals surface area (Å²) in [6, 6.07) is 7.43. The van der Waals surface area contributed by atoms with Crippen LogP contribution in [0, 0.1) is 0 Å². The highest BCUT2D eigenvalue weighted by atomic mass is 32.2. The number of thioether (sulfide) groups is 1. The van der Waals surface area contributed by atoms with Crippen molar-refractivity contribution in [2.24, 2.45) is 11.5 Å². The number of amides is 2. The van der Waals surface area contributed by atoms with Gasteiger partial charge < -0.3 is 16.8 Å². The van der Waals surface area contributed by atoms with Crippen LogP contribution in [-0.4, -0.2) is 29.1 Å². The molecule has 8 heteroatoms. The van der Waals surface area contributed by atoms with E-state index in [9.17, 15) is 9.59 Å². The van der Waals surface area contributed by atoms with Gasteiger partial charge in [-0.05, 0) is 18.7 Å². The number of hydrogen-bond acceptors (Lipinski definition) is 6. The zero-order valence-corrected chi connectivity index (χ0v) is 14.1. The predicted molar refractivity (Wildman–Crippen MR) is 93.8 cm³/mol. The first kappa shape index (κ1) is 17.5. The second-order valence-corrected chi connectivity index (χ2v) is 6.76. The molecule has 0 saturated carbocycles. The Labute approximate surface area is 142 Å². The van der Waals surface area contributed by atoms with Crippen LogP contribution >= 0.6 is 23.1 Å². The van der Waals surface area contributed by atoms with Crippen LogP contribution < -0.4 is 16.8 Å². The van der Waals surface area contributed by atoms with E-state index in [1.54, 1.807) is 5.38 Å². The summed E-state index contributed by atoms with van der Waals surface area (Å²) in [7, 11) is 0. The Morgan fingerprint density at radius 2 is 2.09 bits per heavy atom. The van der Waals surface area contributed by atoms with E-state index in [2.05, 4.69) is 10.3 Å². The third kappa shape index (κ3) is 5.34. The van der Waals surface area contributed by atoms with Crippen molar-refractivity contribution in [3.05, 3.63) is 40.3 Å². The molecule has 0 spiro atoms. The van der Waals surface area contributed by atoms with Crippen LogP contribution in [0.2, 0.25) is 0 Å². The highest BCUT2D eigenvalue weighted by molar-refractivity contribution is 7.99.